The zero-order chi connectivity index (χ0) is 26.7. The first kappa shape index (κ1) is 28.0. The fraction of sp³-hybridized carbons (Fsp3) is 0.615. The van der Waals surface area contributed by atoms with Crippen molar-refractivity contribution in [1.82, 2.24) is 10.4 Å². The van der Waals surface area contributed by atoms with Crippen molar-refractivity contribution in [2.75, 3.05) is 18.2 Å². The summed E-state index contributed by atoms with van der Waals surface area (Å²) in [6.45, 7) is 13.9. The molecule has 1 saturated heterocycles. The number of carbonyl (C=O) groups excluding carboxylic acids is 3. The van der Waals surface area contributed by atoms with Crippen LogP contribution in [0.4, 0.5) is 9.93 Å². The number of thiazole rings is 1. The van der Waals surface area contributed by atoms with Crippen LogP contribution in [0.1, 0.15) is 77.4 Å². The van der Waals surface area contributed by atoms with E-state index in [0.717, 1.165) is 17.6 Å². The van der Waals surface area contributed by atoms with Crippen LogP contribution in [-0.4, -0.2) is 47.5 Å². The largest absolute Gasteiger partial charge is 0.463 e. The third kappa shape index (κ3) is 7.24. The molecule has 198 valence electrons. The normalized spacial score (nSPS) is 15.5. The molecule has 10 heteroatoms. The van der Waals surface area contributed by atoms with Crippen molar-refractivity contribution < 1.29 is 28.3 Å². The van der Waals surface area contributed by atoms with Gasteiger partial charge in [-0.25, -0.2) is 15.2 Å². The van der Waals surface area contributed by atoms with E-state index in [1.54, 1.807) is 32.9 Å². The molecule has 1 N–H and O–H groups in total. The second-order valence-corrected chi connectivity index (χ2v) is 12.5. The van der Waals surface area contributed by atoms with E-state index >= 15 is 0 Å². The third-order valence-corrected chi connectivity index (χ3v) is 6.64. The summed E-state index contributed by atoms with van der Waals surface area (Å²) >= 11 is 1.12. The second-order valence-electron chi connectivity index (χ2n) is 11.5. The predicted molar refractivity (Wildman–Crippen MR) is 138 cm³/mol. The molecule has 3 rings (SSSR count). The van der Waals surface area contributed by atoms with E-state index in [4.69, 9.17) is 13.9 Å². The van der Waals surface area contributed by atoms with Gasteiger partial charge in [0, 0.05) is 30.1 Å². The van der Waals surface area contributed by atoms with Crippen LogP contribution in [-0.2, 0) is 14.3 Å². The van der Waals surface area contributed by atoms with Gasteiger partial charge in [-0.15, -0.1) is 0 Å². The first-order chi connectivity index (χ1) is 16.7. The molecule has 0 bridgehead atoms. The molecule has 1 aliphatic rings. The van der Waals surface area contributed by atoms with Gasteiger partial charge in [-0.05, 0) is 66.0 Å². The number of hydrogen-bond acceptors (Lipinski definition) is 9. The highest BCUT2D eigenvalue weighted by atomic mass is 32.1. The fourth-order valence-electron chi connectivity index (χ4n) is 4.30. The SMILES string of the molecule is CC(C)(C=O)CC(C)(C)NN(C(=O)OC(C)(C)C)c1nc(-c2ccco2)c(C(=O)C2CCOCC2)s1. The average molecular weight is 520 g/mol. The molecule has 0 saturated carbocycles. The Bertz CT molecular complexity index is 1060. The van der Waals surface area contributed by atoms with Crippen molar-refractivity contribution in [3.8, 4) is 11.5 Å². The molecular weight excluding hydrogens is 482 g/mol. The summed E-state index contributed by atoms with van der Waals surface area (Å²) in [7, 11) is 0. The summed E-state index contributed by atoms with van der Waals surface area (Å²) < 4.78 is 16.7. The number of aldehydes is 1. The highest BCUT2D eigenvalue weighted by Gasteiger charge is 2.37. The highest BCUT2D eigenvalue weighted by molar-refractivity contribution is 7.18. The Hall–Kier alpha value is -2.56. The molecule has 0 atom stereocenters. The third-order valence-electron chi connectivity index (χ3n) is 5.58. The van der Waals surface area contributed by atoms with Crippen LogP contribution in [0.2, 0.25) is 0 Å². The number of hydrazine groups is 1. The molecule has 1 amide bonds. The number of ketones is 1. The van der Waals surface area contributed by atoms with Crippen LogP contribution in [0.3, 0.4) is 0 Å². The van der Waals surface area contributed by atoms with Crippen molar-refractivity contribution in [3.63, 3.8) is 0 Å². The number of amides is 1. The van der Waals surface area contributed by atoms with E-state index in [-0.39, 0.29) is 16.8 Å². The summed E-state index contributed by atoms with van der Waals surface area (Å²) in [5.41, 5.74) is 1.53. The van der Waals surface area contributed by atoms with Gasteiger partial charge in [0.05, 0.1) is 6.26 Å². The minimum atomic E-state index is -0.759. The van der Waals surface area contributed by atoms with Crippen LogP contribution in [0.5, 0.6) is 0 Å². The van der Waals surface area contributed by atoms with Crippen LogP contribution in [0, 0.1) is 11.3 Å². The van der Waals surface area contributed by atoms with Crippen molar-refractivity contribution in [1.29, 1.82) is 0 Å². The van der Waals surface area contributed by atoms with E-state index in [9.17, 15) is 14.4 Å². The maximum Gasteiger partial charge on any atom is 0.431 e. The van der Waals surface area contributed by atoms with E-state index in [2.05, 4.69) is 10.4 Å². The average Bonchev–Trinajstić information content (AvgIpc) is 3.45. The number of hydrogen-bond donors (Lipinski definition) is 1. The van der Waals surface area contributed by atoms with Gasteiger partial charge in [-0.1, -0.05) is 25.2 Å². The molecule has 3 heterocycles. The Balaban J connectivity index is 2.04. The molecule has 0 unspecified atom stereocenters. The number of furan rings is 1. The molecule has 0 radical (unpaired) electrons. The van der Waals surface area contributed by atoms with Crippen molar-refractivity contribution in [2.45, 2.75) is 78.9 Å². The van der Waals surface area contributed by atoms with Gasteiger partial charge in [0.2, 0.25) is 5.13 Å². The molecular formula is C26H37N3O6S. The number of Topliss-reactive ketones (excluding diaryl/α,β-unsaturated/α-hetero) is 1. The van der Waals surface area contributed by atoms with Crippen molar-refractivity contribution in [3.05, 3.63) is 23.3 Å². The van der Waals surface area contributed by atoms with Gasteiger partial charge >= 0.3 is 6.09 Å². The Morgan fingerprint density at radius 3 is 2.42 bits per heavy atom. The lowest BCUT2D eigenvalue weighted by atomic mass is 9.82. The van der Waals surface area contributed by atoms with Gasteiger partial charge in [-0.2, -0.15) is 5.01 Å². The van der Waals surface area contributed by atoms with Crippen LogP contribution < -0.4 is 10.4 Å². The summed E-state index contributed by atoms with van der Waals surface area (Å²) in [4.78, 5) is 43.6. The van der Waals surface area contributed by atoms with Gasteiger partial charge < -0.3 is 18.7 Å². The number of aromatic nitrogens is 1. The summed E-state index contributed by atoms with van der Waals surface area (Å²) in [5, 5.41) is 1.49. The van der Waals surface area contributed by atoms with Gasteiger partial charge in [-0.3, -0.25) is 4.79 Å². The van der Waals surface area contributed by atoms with E-state index in [0.29, 0.717) is 48.8 Å². The number of nitrogens with zero attached hydrogens (tertiary/aromatic N) is 2. The lowest BCUT2D eigenvalue weighted by Gasteiger charge is -2.37. The topological polar surface area (TPSA) is 111 Å². The monoisotopic (exact) mass is 519 g/mol. The lowest BCUT2D eigenvalue weighted by molar-refractivity contribution is -0.115. The quantitative estimate of drug-likeness (QED) is 0.257. The van der Waals surface area contributed by atoms with E-state index in [1.807, 2.05) is 27.7 Å². The zero-order valence-electron chi connectivity index (χ0n) is 22.2. The van der Waals surface area contributed by atoms with Crippen molar-refractivity contribution in [2.24, 2.45) is 11.3 Å². The smallest absolute Gasteiger partial charge is 0.431 e. The lowest BCUT2D eigenvalue weighted by Crippen LogP contribution is -2.56. The van der Waals surface area contributed by atoms with Gasteiger partial charge in [0.1, 0.15) is 22.5 Å². The summed E-state index contributed by atoms with van der Waals surface area (Å²) in [6, 6.07) is 3.47. The second kappa shape index (κ2) is 10.8. The first-order valence-corrected chi connectivity index (χ1v) is 13.0. The maximum atomic E-state index is 13.5. The van der Waals surface area contributed by atoms with Gasteiger partial charge in [0.15, 0.2) is 11.5 Å². The minimum absolute atomic E-state index is 0.0427. The Labute approximate surface area is 216 Å². The Morgan fingerprint density at radius 1 is 1.19 bits per heavy atom. The highest BCUT2D eigenvalue weighted by Crippen LogP contribution is 2.37. The molecule has 0 aromatic carbocycles. The Kier molecular flexibility index (Phi) is 8.42. The maximum absolute atomic E-state index is 13.5. The molecule has 1 aliphatic heterocycles. The van der Waals surface area contributed by atoms with Crippen LogP contribution in [0.15, 0.2) is 22.8 Å². The van der Waals surface area contributed by atoms with E-state index in [1.165, 1.54) is 11.3 Å². The fourth-order valence-corrected chi connectivity index (χ4v) is 5.34. The number of anilines is 1. The number of ether oxygens (including phenoxy) is 2. The number of nitrogens with one attached hydrogen (secondary N) is 1. The summed E-state index contributed by atoms with van der Waals surface area (Å²) in [5.74, 6) is 0.214. The van der Waals surface area contributed by atoms with Gasteiger partial charge in [0.25, 0.3) is 0 Å². The van der Waals surface area contributed by atoms with Crippen LogP contribution in [0.25, 0.3) is 11.5 Å². The molecule has 2 aromatic heterocycles. The standard InChI is InChI=1S/C26H37N3O6S/c1-24(2,3)35-23(32)29(28-26(6,7)15-25(4,5)16-30)22-27-19(18-9-8-12-34-18)21(36-22)20(31)17-10-13-33-14-11-17/h8-9,12,16-17,28H,10-11,13-15H2,1-7H3. The molecule has 9 nitrogen and oxygen atoms in total. The molecule has 36 heavy (non-hydrogen) atoms. The molecule has 0 spiro atoms. The first-order valence-electron chi connectivity index (χ1n) is 12.2. The molecule has 2 aromatic rings. The Morgan fingerprint density at radius 2 is 1.86 bits per heavy atom. The zero-order valence-corrected chi connectivity index (χ0v) is 23.0. The van der Waals surface area contributed by atoms with E-state index < -0.39 is 22.6 Å². The number of carbonyl (C=O) groups is 3. The molecule has 0 aliphatic carbocycles. The van der Waals surface area contributed by atoms with Crippen molar-refractivity contribution >= 4 is 34.6 Å². The minimum Gasteiger partial charge on any atom is -0.463 e. The summed E-state index contributed by atoms with van der Waals surface area (Å²) in [6.07, 6.45) is 3.46. The van der Waals surface area contributed by atoms with Crippen LogP contribution >= 0.6 is 11.3 Å². The predicted octanol–water partition coefficient (Wildman–Crippen LogP) is 5.65. The number of rotatable bonds is 9. The molecule has 1 fully saturated rings.